The summed E-state index contributed by atoms with van der Waals surface area (Å²) in [4.78, 5) is 13.2. The van der Waals surface area contributed by atoms with Crippen molar-refractivity contribution in [1.82, 2.24) is 4.90 Å². The lowest BCUT2D eigenvalue weighted by atomic mass is 10.3. The number of rotatable bonds is 1. The molecule has 1 aliphatic rings. The highest BCUT2D eigenvalue weighted by atomic mass is 32.2. The van der Waals surface area contributed by atoms with Crippen molar-refractivity contribution in [3.05, 3.63) is 30.3 Å². The normalized spacial score (nSPS) is 15.6. The summed E-state index contributed by atoms with van der Waals surface area (Å²) < 4.78 is 5.17. The first-order valence-electron chi connectivity index (χ1n) is 4.46. The lowest BCUT2D eigenvalue weighted by Gasteiger charge is -2.13. The first-order chi connectivity index (χ1) is 6.86. The zero-order valence-electron chi connectivity index (χ0n) is 7.68. The van der Waals surface area contributed by atoms with Gasteiger partial charge in [-0.3, -0.25) is 4.90 Å². The molecule has 0 saturated carbocycles. The van der Waals surface area contributed by atoms with Crippen LogP contribution in [0, 0.1) is 0 Å². The summed E-state index contributed by atoms with van der Waals surface area (Å²) >= 11 is 1.75. The third kappa shape index (κ3) is 2.20. The number of hydrogen-bond donors (Lipinski definition) is 0. The Morgan fingerprint density at radius 1 is 1.36 bits per heavy atom. The maximum absolute atomic E-state index is 11.5. The van der Waals surface area contributed by atoms with Crippen LogP contribution < -0.4 is 4.74 Å². The van der Waals surface area contributed by atoms with Gasteiger partial charge in [0.15, 0.2) is 0 Å². The van der Waals surface area contributed by atoms with Gasteiger partial charge < -0.3 is 4.74 Å². The second kappa shape index (κ2) is 4.37. The van der Waals surface area contributed by atoms with Gasteiger partial charge in [0.05, 0.1) is 5.88 Å². The molecule has 1 aromatic carbocycles. The first kappa shape index (κ1) is 9.40. The zero-order chi connectivity index (χ0) is 9.80. The maximum atomic E-state index is 11.5. The van der Waals surface area contributed by atoms with Gasteiger partial charge in [-0.2, -0.15) is 0 Å². The Labute approximate surface area is 87.0 Å². The highest BCUT2D eigenvalue weighted by Crippen LogP contribution is 2.16. The molecule has 2 rings (SSSR count). The molecule has 0 N–H and O–H groups in total. The van der Waals surface area contributed by atoms with Crippen LogP contribution in [0.3, 0.4) is 0 Å². The highest BCUT2D eigenvalue weighted by Gasteiger charge is 2.19. The molecule has 0 spiro atoms. The van der Waals surface area contributed by atoms with Gasteiger partial charge in [0.1, 0.15) is 5.75 Å². The van der Waals surface area contributed by atoms with Crippen LogP contribution in [0.15, 0.2) is 30.3 Å². The smallest absolute Gasteiger partial charge is 0.410 e. The average molecular weight is 209 g/mol. The molecule has 3 nitrogen and oxygen atoms in total. The van der Waals surface area contributed by atoms with Gasteiger partial charge in [0.25, 0.3) is 0 Å². The van der Waals surface area contributed by atoms with Crippen LogP contribution in [0.4, 0.5) is 4.79 Å². The van der Waals surface area contributed by atoms with Crippen molar-refractivity contribution in [2.24, 2.45) is 0 Å². The largest absolute Gasteiger partial charge is 0.415 e. The molecule has 0 radical (unpaired) electrons. The summed E-state index contributed by atoms with van der Waals surface area (Å²) in [5.74, 6) is 2.35. The van der Waals surface area contributed by atoms with Gasteiger partial charge >= 0.3 is 6.09 Å². The van der Waals surface area contributed by atoms with Crippen molar-refractivity contribution in [3.8, 4) is 5.75 Å². The number of carbonyl (C=O) groups excluding carboxylic acids is 1. The fraction of sp³-hybridized carbons (Fsp3) is 0.300. The van der Waals surface area contributed by atoms with Crippen LogP contribution in [0.1, 0.15) is 0 Å². The molecule has 0 aliphatic carbocycles. The molecule has 1 aromatic rings. The number of benzene rings is 1. The Morgan fingerprint density at radius 3 is 2.79 bits per heavy atom. The van der Waals surface area contributed by atoms with E-state index >= 15 is 0 Å². The van der Waals surface area contributed by atoms with Gasteiger partial charge in [0, 0.05) is 12.3 Å². The van der Waals surface area contributed by atoms with Gasteiger partial charge in [0.2, 0.25) is 0 Å². The third-order valence-electron chi connectivity index (χ3n) is 1.96. The van der Waals surface area contributed by atoms with E-state index in [0.29, 0.717) is 5.75 Å². The Balaban J connectivity index is 1.94. The summed E-state index contributed by atoms with van der Waals surface area (Å²) in [6, 6.07) is 9.15. The van der Waals surface area contributed by atoms with Gasteiger partial charge in [-0.1, -0.05) is 18.2 Å². The van der Waals surface area contributed by atoms with E-state index in [-0.39, 0.29) is 6.09 Å². The number of ether oxygens (including phenoxy) is 1. The molecule has 1 aliphatic heterocycles. The molecule has 4 heteroatoms. The van der Waals surface area contributed by atoms with Crippen LogP contribution in [0.25, 0.3) is 0 Å². The Bertz CT molecular complexity index is 309. The minimum Gasteiger partial charge on any atom is -0.410 e. The van der Waals surface area contributed by atoms with Crippen molar-refractivity contribution >= 4 is 17.9 Å². The van der Waals surface area contributed by atoms with Crippen LogP contribution in [0.2, 0.25) is 0 Å². The van der Waals surface area contributed by atoms with Crippen molar-refractivity contribution < 1.29 is 9.53 Å². The minimum atomic E-state index is -0.249. The summed E-state index contributed by atoms with van der Waals surface area (Å²) in [6.45, 7) is 0.788. The number of hydrogen-bond acceptors (Lipinski definition) is 3. The molecular weight excluding hydrogens is 198 g/mol. The first-order valence-corrected chi connectivity index (χ1v) is 5.61. The van der Waals surface area contributed by atoms with Crippen LogP contribution in [-0.2, 0) is 0 Å². The molecule has 1 saturated heterocycles. The van der Waals surface area contributed by atoms with Crippen molar-refractivity contribution in [3.63, 3.8) is 0 Å². The molecule has 1 heterocycles. The van der Waals surface area contributed by atoms with E-state index in [4.69, 9.17) is 4.74 Å². The minimum absolute atomic E-state index is 0.249. The molecule has 0 unspecified atom stereocenters. The number of thioether (sulfide) groups is 1. The van der Waals surface area contributed by atoms with Crippen LogP contribution >= 0.6 is 11.8 Å². The zero-order valence-corrected chi connectivity index (χ0v) is 8.50. The fourth-order valence-electron chi connectivity index (χ4n) is 1.21. The van der Waals surface area contributed by atoms with Crippen molar-refractivity contribution in [2.45, 2.75) is 0 Å². The summed E-state index contributed by atoms with van der Waals surface area (Å²) in [7, 11) is 0. The molecule has 0 bridgehead atoms. The molecule has 74 valence electrons. The number of nitrogens with zero attached hydrogens (tertiary/aromatic N) is 1. The molecule has 0 atom stereocenters. The van der Waals surface area contributed by atoms with E-state index < -0.39 is 0 Å². The predicted octanol–water partition coefficient (Wildman–Crippen LogP) is 2.19. The molecule has 0 aromatic heterocycles. The quantitative estimate of drug-likeness (QED) is 0.710. The predicted molar refractivity (Wildman–Crippen MR) is 56.5 cm³/mol. The van der Waals surface area contributed by atoms with E-state index in [1.165, 1.54) is 0 Å². The summed E-state index contributed by atoms with van der Waals surface area (Å²) in [5, 5.41) is 0. The Morgan fingerprint density at radius 2 is 2.14 bits per heavy atom. The number of amides is 1. The second-order valence-electron chi connectivity index (χ2n) is 2.98. The van der Waals surface area contributed by atoms with Crippen molar-refractivity contribution in [2.75, 3.05) is 18.2 Å². The Hall–Kier alpha value is -1.16. The number of carbonyl (C=O) groups is 1. The number of para-hydroxylation sites is 1. The molecule has 1 fully saturated rings. The summed E-state index contributed by atoms with van der Waals surface area (Å²) in [6.07, 6.45) is -0.249. The van der Waals surface area contributed by atoms with Crippen LogP contribution in [-0.4, -0.2) is 29.2 Å². The van der Waals surface area contributed by atoms with E-state index in [0.717, 1.165) is 18.2 Å². The SMILES string of the molecule is O=C(Oc1ccccc1)N1CCSC1. The lowest BCUT2D eigenvalue weighted by molar-refractivity contribution is 0.165. The van der Waals surface area contributed by atoms with Crippen LogP contribution in [0.5, 0.6) is 5.75 Å². The standard InChI is InChI=1S/C10H11NO2S/c12-10(11-6-7-14-8-11)13-9-4-2-1-3-5-9/h1-5H,6-8H2. The topological polar surface area (TPSA) is 29.5 Å². The maximum Gasteiger partial charge on any atom is 0.415 e. The third-order valence-corrected chi connectivity index (χ3v) is 2.92. The van der Waals surface area contributed by atoms with Gasteiger partial charge in [-0.05, 0) is 12.1 Å². The van der Waals surface area contributed by atoms with E-state index in [1.54, 1.807) is 28.8 Å². The lowest BCUT2D eigenvalue weighted by Crippen LogP contribution is -2.30. The highest BCUT2D eigenvalue weighted by molar-refractivity contribution is 7.99. The summed E-state index contributed by atoms with van der Waals surface area (Å²) in [5.41, 5.74) is 0. The monoisotopic (exact) mass is 209 g/mol. The van der Waals surface area contributed by atoms with Gasteiger partial charge in [-0.25, -0.2) is 4.79 Å². The molecule has 1 amide bonds. The van der Waals surface area contributed by atoms with Gasteiger partial charge in [-0.15, -0.1) is 11.8 Å². The Kier molecular flexibility index (Phi) is 2.93. The van der Waals surface area contributed by atoms with E-state index in [2.05, 4.69) is 0 Å². The van der Waals surface area contributed by atoms with Crippen molar-refractivity contribution in [1.29, 1.82) is 0 Å². The average Bonchev–Trinajstić information content (AvgIpc) is 2.72. The van der Waals surface area contributed by atoms with E-state index in [1.807, 2.05) is 18.2 Å². The second-order valence-corrected chi connectivity index (χ2v) is 4.06. The molecular formula is C10H11NO2S. The molecule has 14 heavy (non-hydrogen) atoms. The fourth-order valence-corrected chi connectivity index (χ4v) is 2.15. The van der Waals surface area contributed by atoms with E-state index in [9.17, 15) is 4.79 Å².